The van der Waals surface area contributed by atoms with Gasteiger partial charge < -0.3 is 20.1 Å². The van der Waals surface area contributed by atoms with Gasteiger partial charge >= 0.3 is 5.97 Å². The molecule has 11 atom stereocenters. The molecule has 0 aromatic heterocycles. The fourth-order valence-corrected chi connectivity index (χ4v) is 8.95. The Bertz CT molecular complexity index is 818. The van der Waals surface area contributed by atoms with Crippen molar-refractivity contribution in [1.29, 1.82) is 0 Å². The molecule has 0 aliphatic heterocycles. The van der Waals surface area contributed by atoms with Crippen LogP contribution < -0.4 is 0 Å². The number of azide groups is 1. The van der Waals surface area contributed by atoms with Crippen LogP contribution in [-0.2, 0) is 9.53 Å². The van der Waals surface area contributed by atoms with Gasteiger partial charge in [-0.15, -0.1) is 0 Å². The summed E-state index contributed by atoms with van der Waals surface area (Å²) in [6.45, 7) is 6.66. The van der Waals surface area contributed by atoms with Crippen molar-refractivity contribution < 1.29 is 24.9 Å². The highest BCUT2D eigenvalue weighted by molar-refractivity contribution is 5.69. The van der Waals surface area contributed by atoms with Gasteiger partial charge in [0.05, 0.1) is 19.3 Å². The van der Waals surface area contributed by atoms with Gasteiger partial charge in [0, 0.05) is 11.3 Å². The summed E-state index contributed by atoms with van der Waals surface area (Å²) in [7, 11) is 1.42. The molecule has 11 unspecified atom stereocenters. The Morgan fingerprint density at radius 2 is 1.94 bits per heavy atom. The average Bonchev–Trinajstić information content (AvgIpc) is 3.12. The van der Waals surface area contributed by atoms with Crippen LogP contribution in [0.15, 0.2) is 5.11 Å². The highest BCUT2D eigenvalue weighted by atomic mass is 16.5. The monoisotopic (exact) mass is 463 g/mol. The fraction of sp³-hybridized carbons (Fsp3) is 0.960. The molecule has 0 saturated heterocycles. The standard InChI is InChI=1S/C25H41N3O5/c1-14(5-8-21(31)33-4)16-6-7-17-22-18(12-20(30)24(16,17)3)23(2)9-10-25(32,27-28-26)13-15(23)11-19(22)29/h14-20,22,29-30,32H,5-13H2,1-4H3. The number of rotatable bonds is 5. The molecular weight excluding hydrogens is 422 g/mol. The van der Waals surface area contributed by atoms with Gasteiger partial charge in [-0.3, -0.25) is 4.79 Å². The molecule has 0 spiro atoms. The van der Waals surface area contributed by atoms with Crippen molar-refractivity contribution >= 4 is 5.97 Å². The lowest BCUT2D eigenvalue weighted by atomic mass is 9.42. The van der Waals surface area contributed by atoms with E-state index in [2.05, 4.69) is 30.8 Å². The minimum Gasteiger partial charge on any atom is -0.469 e. The maximum Gasteiger partial charge on any atom is 0.305 e. The molecule has 0 aromatic rings. The SMILES string of the molecule is COC(=O)CCC(C)C1CCC2C3C(O)CC4CC(O)(N=[N+]=[N-])CCC4(C)C3CC(O)C12C. The van der Waals surface area contributed by atoms with Crippen LogP contribution in [0.5, 0.6) is 0 Å². The summed E-state index contributed by atoms with van der Waals surface area (Å²) in [6, 6.07) is 0. The Morgan fingerprint density at radius 3 is 2.61 bits per heavy atom. The van der Waals surface area contributed by atoms with Crippen LogP contribution in [0, 0.1) is 46.3 Å². The first kappa shape index (κ1) is 24.8. The molecule has 186 valence electrons. The van der Waals surface area contributed by atoms with Crippen molar-refractivity contribution in [1.82, 2.24) is 0 Å². The molecule has 4 fully saturated rings. The van der Waals surface area contributed by atoms with Crippen LogP contribution in [0.1, 0.15) is 78.6 Å². The average molecular weight is 464 g/mol. The maximum absolute atomic E-state index is 11.7. The lowest BCUT2D eigenvalue weighted by Gasteiger charge is -2.64. The highest BCUT2D eigenvalue weighted by Crippen LogP contribution is 2.69. The number of esters is 1. The molecular formula is C25H41N3O5. The predicted molar refractivity (Wildman–Crippen MR) is 123 cm³/mol. The Kier molecular flexibility index (Phi) is 6.54. The second-order valence-electron chi connectivity index (χ2n) is 12.1. The Balaban J connectivity index is 1.58. The van der Waals surface area contributed by atoms with Crippen LogP contribution >= 0.6 is 0 Å². The summed E-state index contributed by atoms with van der Waals surface area (Å²) in [4.78, 5) is 14.6. The van der Waals surface area contributed by atoms with E-state index in [0.29, 0.717) is 43.9 Å². The minimum absolute atomic E-state index is 0.0609. The molecule has 0 bridgehead atoms. The van der Waals surface area contributed by atoms with E-state index in [0.717, 1.165) is 25.7 Å². The van der Waals surface area contributed by atoms with Crippen molar-refractivity contribution in [2.75, 3.05) is 7.11 Å². The van der Waals surface area contributed by atoms with Crippen molar-refractivity contribution in [2.24, 2.45) is 51.5 Å². The topological polar surface area (TPSA) is 136 Å². The number of carbonyl (C=O) groups is 1. The van der Waals surface area contributed by atoms with Crippen molar-refractivity contribution in [3.05, 3.63) is 10.4 Å². The molecule has 0 heterocycles. The molecule has 0 amide bonds. The van der Waals surface area contributed by atoms with Gasteiger partial charge in [-0.1, -0.05) is 25.9 Å². The van der Waals surface area contributed by atoms with Crippen LogP contribution in [0.3, 0.4) is 0 Å². The van der Waals surface area contributed by atoms with Crippen LogP contribution in [0.2, 0.25) is 0 Å². The van der Waals surface area contributed by atoms with Gasteiger partial charge in [-0.05, 0) is 103 Å². The summed E-state index contributed by atoms with van der Waals surface area (Å²) >= 11 is 0. The predicted octanol–water partition coefficient (Wildman–Crippen LogP) is 4.18. The Morgan fingerprint density at radius 1 is 1.21 bits per heavy atom. The third kappa shape index (κ3) is 3.87. The lowest BCUT2D eigenvalue weighted by molar-refractivity contribution is -0.215. The summed E-state index contributed by atoms with van der Waals surface area (Å²) in [6.07, 6.45) is 4.99. The Labute approximate surface area is 196 Å². The molecule has 0 radical (unpaired) electrons. The van der Waals surface area contributed by atoms with Crippen LogP contribution in [-0.4, -0.2) is 46.3 Å². The van der Waals surface area contributed by atoms with E-state index in [4.69, 9.17) is 10.3 Å². The van der Waals surface area contributed by atoms with Gasteiger partial charge in [0.25, 0.3) is 0 Å². The second kappa shape index (κ2) is 8.71. The summed E-state index contributed by atoms with van der Waals surface area (Å²) in [5.74, 6) is 1.02. The third-order valence-corrected chi connectivity index (χ3v) is 10.8. The number of carbonyl (C=O) groups excluding carboxylic acids is 1. The van der Waals surface area contributed by atoms with Crippen LogP contribution in [0.4, 0.5) is 0 Å². The van der Waals surface area contributed by atoms with Crippen LogP contribution in [0.25, 0.3) is 10.4 Å². The zero-order valence-electron chi connectivity index (χ0n) is 20.5. The number of aliphatic hydroxyl groups is 3. The van der Waals surface area contributed by atoms with E-state index in [1.54, 1.807) is 0 Å². The van der Waals surface area contributed by atoms with Crippen molar-refractivity contribution in [3.63, 3.8) is 0 Å². The van der Waals surface area contributed by atoms with E-state index in [-0.39, 0.29) is 40.5 Å². The first-order valence-electron chi connectivity index (χ1n) is 12.7. The molecule has 3 N–H and O–H groups in total. The zero-order chi connectivity index (χ0) is 24.2. The smallest absolute Gasteiger partial charge is 0.305 e. The van der Waals surface area contributed by atoms with E-state index in [9.17, 15) is 20.1 Å². The minimum atomic E-state index is -1.37. The van der Waals surface area contributed by atoms with E-state index in [1.807, 2.05) is 0 Å². The quantitative estimate of drug-likeness (QED) is 0.243. The molecule has 4 saturated carbocycles. The number of aliphatic hydroxyl groups excluding tert-OH is 2. The molecule has 33 heavy (non-hydrogen) atoms. The second-order valence-corrected chi connectivity index (χ2v) is 12.1. The lowest BCUT2D eigenvalue weighted by Crippen LogP contribution is -2.63. The first-order chi connectivity index (χ1) is 15.5. The number of fused-ring (bicyclic) bond motifs is 5. The highest BCUT2D eigenvalue weighted by Gasteiger charge is 2.66. The number of nitrogens with zero attached hydrogens (tertiary/aromatic N) is 3. The van der Waals surface area contributed by atoms with Gasteiger partial charge in [-0.2, -0.15) is 0 Å². The first-order valence-corrected chi connectivity index (χ1v) is 12.7. The molecule has 4 aliphatic rings. The van der Waals surface area contributed by atoms with Gasteiger partial charge in [-0.25, -0.2) is 0 Å². The maximum atomic E-state index is 11.7. The van der Waals surface area contributed by atoms with E-state index < -0.39 is 17.9 Å². The third-order valence-electron chi connectivity index (χ3n) is 10.8. The molecule has 4 aliphatic carbocycles. The number of hydrogen-bond acceptors (Lipinski definition) is 6. The summed E-state index contributed by atoms with van der Waals surface area (Å²) in [5.41, 5.74) is 7.14. The molecule has 8 heteroatoms. The summed E-state index contributed by atoms with van der Waals surface area (Å²) < 4.78 is 4.83. The molecule has 4 rings (SSSR count). The summed E-state index contributed by atoms with van der Waals surface area (Å²) in [5, 5.41) is 37.5. The number of methoxy groups -OCH3 is 1. The zero-order valence-corrected chi connectivity index (χ0v) is 20.5. The van der Waals surface area contributed by atoms with Gasteiger partial charge in [0.2, 0.25) is 0 Å². The van der Waals surface area contributed by atoms with Crippen molar-refractivity contribution in [2.45, 2.75) is 96.5 Å². The van der Waals surface area contributed by atoms with E-state index in [1.165, 1.54) is 7.11 Å². The Hall–Kier alpha value is -1.34. The number of ether oxygens (including phenoxy) is 1. The fourth-order valence-electron chi connectivity index (χ4n) is 8.95. The van der Waals surface area contributed by atoms with Gasteiger partial charge in [0.15, 0.2) is 0 Å². The van der Waals surface area contributed by atoms with Crippen molar-refractivity contribution in [3.8, 4) is 0 Å². The normalized spacial score (nSPS) is 49.7. The molecule has 8 nitrogen and oxygen atoms in total. The number of hydrogen-bond donors (Lipinski definition) is 3. The van der Waals surface area contributed by atoms with Gasteiger partial charge in [0.1, 0.15) is 5.72 Å². The van der Waals surface area contributed by atoms with E-state index >= 15 is 0 Å². The molecule has 0 aromatic carbocycles. The largest absolute Gasteiger partial charge is 0.469 e.